The average Bonchev–Trinajstić information content (AvgIpc) is 3.16. The summed E-state index contributed by atoms with van der Waals surface area (Å²) in [6.45, 7) is 3.13. The van der Waals surface area contributed by atoms with Crippen molar-refractivity contribution in [2.45, 2.75) is 31.1 Å². The monoisotopic (exact) mass is 519 g/mol. The first-order valence-electron chi connectivity index (χ1n) is 11.6. The standard InChI is InChI=1S/C25H33N3O5S2/c1-5-6-7-19-8-13-22-23(18-19)34-25(27(22)2)26-24(29)20-9-11-21(12-10-20)35(30,31)28(14-16-32-3)15-17-33-4/h8-13,18H,5-7,14-17H2,1-4H3. The molecule has 10 heteroatoms. The first-order valence-corrected chi connectivity index (χ1v) is 13.8. The van der Waals surface area contributed by atoms with Gasteiger partial charge in [-0.2, -0.15) is 9.30 Å². The van der Waals surface area contributed by atoms with E-state index in [1.807, 2.05) is 11.6 Å². The van der Waals surface area contributed by atoms with Gasteiger partial charge in [0.05, 0.1) is 28.3 Å². The molecule has 190 valence electrons. The molecule has 1 amide bonds. The van der Waals surface area contributed by atoms with Gasteiger partial charge >= 0.3 is 0 Å². The highest BCUT2D eigenvalue weighted by molar-refractivity contribution is 7.89. The van der Waals surface area contributed by atoms with Gasteiger partial charge in [-0.25, -0.2) is 8.42 Å². The van der Waals surface area contributed by atoms with E-state index < -0.39 is 15.9 Å². The average molecular weight is 520 g/mol. The van der Waals surface area contributed by atoms with E-state index in [1.165, 1.54) is 59.7 Å². The number of carbonyl (C=O) groups excluding carboxylic acids is 1. The quantitative estimate of drug-likeness (QED) is 0.365. The van der Waals surface area contributed by atoms with Crippen LogP contribution >= 0.6 is 11.3 Å². The number of nitrogens with zero attached hydrogens (tertiary/aromatic N) is 3. The van der Waals surface area contributed by atoms with Crippen LogP contribution in [0.15, 0.2) is 52.4 Å². The second kappa shape index (κ2) is 12.5. The van der Waals surface area contributed by atoms with Crippen molar-refractivity contribution in [3.05, 3.63) is 58.4 Å². The Hall–Kier alpha value is -2.37. The van der Waals surface area contributed by atoms with Gasteiger partial charge in [-0.05, 0) is 54.8 Å². The van der Waals surface area contributed by atoms with Crippen LogP contribution in [0.2, 0.25) is 0 Å². The van der Waals surface area contributed by atoms with Crippen LogP contribution in [0.3, 0.4) is 0 Å². The summed E-state index contributed by atoms with van der Waals surface area (Å²) in [7, 11) is 1.18. The number of sulfonamides is 1. The van der Waals surface area contributed by atoms with Crippen LogP contribution in [0.5, 0.6) is 0 Å². The van der Waals surface area contributed by atoms with Crippen LogP contribution in [0.25, 0.3) is 10.2 Å². The summed E-state index contributed by atoms with van der Waals surface area (Å²) >= 11 is 1.47. The molecule has 1 heterocycles. The van der Waals surface area contributed by atoms with Crippen LogP contribution < -0.4 is 4.80 Å². The second-order valence-corrected chi connectivity index (χ2v) is 11.1. The topological polar surface area (TPSA) is 90.2 Å². The Balaban J connectivity index is 1.84. The lowest BCUT2D eigenvalue weighted by Crippen LogP contribution is -2.36. The van der Waals surface area contributed by atoms with E-state index in [2.05, 4.69) is 30.1 Å². The van der Waals surface area contributed by atoms with Crippen LogP contribution in [-0.2, 0) is 33.0 Å². The molecule has 3 rings (SSSR count). The highest BCUT2D eigenvalue weighted by atomic mass is 32.2. The Morgan fingerprint density at radius 1 is 1.06 bits per heavy atom. The van der Waals surface area contributed by atoms with Gasteiger partial charge in [0.15, 0.2) is 4.80 Å². The molecule has 2 aromatic carbocycles. The van der Waals surface area contributed by atoms with Crippen molar-refractivity contribution >= 4 is 37.5 Å². The van der Waals surface area contributed by atoms with Crippen molar-refractivity contribution in [3.8, 4) is 0 Å². The van der Waals surface area contributed by atoms with Gasteiger partial charge in [-0.15, -0.1) is 0 Å². The Kier molecular flexibility index (Phi) is 9.76. The van der Waals surface area contributed by atoms with Gasteiger partial charge in [0.2, 0.25) is 10.0 Å². The minimum absolute atomic E-state index is 0.105. The molecular formula is C25H33N3O5S2. The number of fused-ring (bicyclic) bond motifs is 1. The van der Waals surface area contributed by atoms with Gasteiger partial charge in [-0.1, -0.05) is 30.7 Å². The zero-order valence-corrected chi connectivity index (χ0v) is 22.3. The molecule has 3 aromatic rings. The zero-order valence-electron chi connectivity index (χ0n) is 20.7. The molecule has 0 bridgehead atoms. The fraction of sp³-hybridized carbons (Fsp3) is 0.440. The van der Waals surface area contributed by atoms with Crippen LogP contribution in [0, 0.1) is 0 Å². The number of hydrogen-bond acceptors (Lipinski definition) is 6. The van der Waals surface area contributed by atoms with Crippen molar-refractivity contribution in [1.82, 2.24) is 8.87 Å². The molecule has 8 nitrogen and oxygen atoms in total. The molecule has 1 aromatic heterocycles. The predicted molar refractivity (Wildman–Crippen MR) is 138 cm³/mol. The fourth-order valence-electron chi connectivity index (χ4n) is 3.63. The van der Waals surface area contributed by atoms with Crippen LogP contribution in [0.1, 0.15) is 35.7 Å². The summed E-state index contributed by atoms with van der Waals surface area (Å²) in [4.78, 5) is 17.9. The predicted octanol–water partition coefficient (Wildman–Crippen LogP) is 3.61. The number of benzene rings is 2. The molecule has 0 radical (unpaired) electrons. The number of methoxy groups -OCH3 is 2. The summed E-state index contributed by atoms with van der Waals surface area (Å²) in [6.07, 6.45) is 3.31. The van der Waals surface area contributed by atoms with Crippen molar-refractivity contribution < 1.29 is 22.7 Å². The van der Waals surface area contributed by atoms with Crippen LogP contribution in [0.4, 0.5) is 0 Å². The highest BCUT2D eigenvalue weighted by Crippen LogP contribution is 2.20. The maximum absolute atomic E-state index is 13.1. The van der Waals surface area contributed by atoms with Gasteiger partial charge in [0.1, 0.15) is 0 Å². The molecule has 0 aliphatic heterocycles. The van der Waals surface area contributed by atoms with E-state index >= 15 is 0 Å². The van der Waals surface area contributed by atoms with Gasteiger partial charge in [-0.3, -0.25) is 4.79 Å². The molecule has 35 heavy (non-hydrogen) atoms. The third-order valence-corrected chi connectivity index (χ3v) is 8.73. The number of hydrogen-bond donors (Lipinski definition) is 0. The van der Waals surface area contributed by atoms with E-state index in [4.69, 9.17) is 9.47 Å². The van der Waals surface area contributed by atoms with Crippen molar-refractivity contribution in [3.63, 3.8) is 0 Å². The maximum atomic E-state index is 13.1. The SMILES string of the molecule is CCCCc1ccc2c(c1)sc(=NC(=O)c1ccc(S(=O)(=O)N(CCOC)CCOC)cc1)n2C. The number of carbonyl (C=O) groups is 1. The van der Waals surface area contributed by atoms with Gasteiger partial charge in [0.25, 0.3) is 5.91 Å². The molecule has 0 aliphatic rings. The lowest BCUT2D eigenvalue weighted by atomic mass is 10.1. The number of aryl methyl sites for hydroxylation is 2. The summed E-state index contributed by atoms with van der Waals surface area (Å²) in [6, 6.07) is 12.2. The number of aromatic nitrogens is 1. The number of thiazole rings is 1. The number of ether oxygens (including phenoxy) is 2. The zero-order chi connectivity index (χ0) is 25.4. The Bertz CT molecular complexity index is 1300. The summed E-state index contributed by atoms with van der Waals surface area (Å²) < 4.78 is 40.5. The summed E-state index contributed by atoms with van der Waals surface area (Å²) in [5.41, 5.74) is 2.63. The third kappa shape index (κ3) is 6.65. The fourth-order valence-corrected chi connectivity index (χ4v) is 6.12. The number of unbranched alkanes of at least 4 members (excludes halogenated alkanes) is 1. The van der Waals surface area contributed by atoms with Crippen LogP contribution in [-0.4, -0.2) is 63.7 Å². The molecule has 0 saturated carbocycles. The maximum Gasteiger partial charge on any atom is 0.279 e. The molecule has 0 atom stereocenters. The second-order valence-electron chi connectivity index (χ2n) is 8.18. The Morgan fingerprint density at radius 2 is 1.71 bits per heavy atom. The van der Waals surface area contributed by atoms with E-state index in [1.54, 1.807) is 0 Å². The summed E-state index contributed by atoms with van der Waals surface area (Å²) in [5, 5.41) is 0. The summed E-state index contributed by atoms with van der Waals surface area (Å²) in [5.74, 6) is -0.419. The molecule has 0 unspecified atom stereocenters. The van der Waals surface area contributed by atoms with E-state index in [0.717, 1.165) is 29.5 Å². The van der Waals surface area contributed by atoms with Gasteiger partial charge < -0.3 is 14.0 Å². The Morgan fingerprint density at radius 3 is 2.31 bits per heavy atom. The molecule has 0 N–H and O–H groups in total. The van der Waals surface area contributed by atoms with E-state index in [-0.39, 0.29) is 31.2 Å². The van der Waals surface area contributed by atoms with Crippen molar-refractivity contribution in [1.29, 1.82) is 0 Å². The molecule has 0 saturated heterocycles. The molecule has 0 spiro atoms. The molecule has 0 fully saturated rings. The third-order valence-electron chi connectivity index (χ3n) is 5.72. The van der Waals surface area contributed by atoms with Crippen molar-refractivity contribution in [2.75, 3.05) is 40.5 Å². The smallest absolute Gasteiger partial charge is 0.279 e. The van der Waals surface area contributed by atoms with Crippen molar-refractivity contribution in [2.24, 2.45) is 12.0 Å². The molecular weight excluding hydrogens is 486 g/mol. The van der Waals surface area contributed by atoms with E-state index in [0.29, 0.717) is 10.4 Å². The molecule has 0 aliphatic carbocycles. The minimum Gasteiger partial charge on any atom is -0.383 e. The highest BCUT2D eigenvalue weighted by Gasteiger charge is 2.24. The van der Waals surface area contributed by atoms with Gasteiger partial charge in [0, 0.05) is 39.9 Å². The lowest BCUT2D eigenvalue weighted by molar-refractivity contribution is 0.0998. The first-order chi connectivity index (χ1) is 16.8. The lowest BCUT2D eigenvalue weighted by Gasteiger charge is -2.21. The van der Waals surface area contributed by atoms with E-state index in [9.17, 15) is 13.2 Å². The number of amides is 1. The largest absolute Gasteiger partial charge is 0.383 e. The number of rotatable bonds is 12. The first kappa shape index (κ1) is 27.2. The minimum atomic E-state index is -3.75. The Labute approximate surface area is 210 Å². The normalized spacial score (nSPS) is 12.7.